The standard InChI is InChI=1S/C22H36N4O4S/c1-17-6-5-9-26(16-17)18(2)15-23-22(27)20-14-19(31(28,29)24(3)4)7-8-21(20)25-10-12-30-13-11-25/h7-8,14,17-18H,5-6,9-13,15-16H2,1-4H3,(H,23,27). The Labute approximate surface area is 186 Å². The minimum absolute atomic E-state index is 0.123. The minimum atomic E-state index is -3.63. The van der Waals surface area contributed by atoms with E-state index in [2.05, 4.69) is 29.0 Å². The van der Waals surface area contributed by atoms with Gasteiger partial charge in [0.15, 0.2) is 0 Å². The van der Waals surface area contributed by atoms with Gasteiger partial charge >= 0.3 is 0 Å². The van der Waals surface area contributed by atoms with Gasteiger partial charge in [-0.2, -0.15) is 0 Å². The van der Waals surface area contributed by atoms with Gasteiger partial charge in [-0.1, -0.05) is 6.92 Å². The minimum Gasteiger partial charge on any atom is -0.378 e. The number of anilines is 1. The van der Waals surface area contributed by atoms with Crippen LogP contribution in [-0.4, -0.2) is 89.6 Å². The zero-order chi connectivity index (χ0) is 22.6. The Morgan fingerprint density at radius 1 is 1.26 bits per heavy atom. The van der Waals surface area contributed by atoms with Crippen LogP contribution in [0.4, 0.5) is 5.69 Å². The second-order valence-corrected chi connectivity index (χ2v) is 11.0. The Kier molecular flexibility index (Phi) is 7.96. The number of likely N-dealkylation sites (tertiary alicyclic amines) is 1. The molecule has 31 heavy (non-hydrogen) atoms. The Bertz CT molecular complexity index is 868. The molecule has 2 saturated heterocycles. The van der Waals surface area contributed by atoms with Crippen LogP contribution in [0.1, 0.15) is 37.0 Å². The molecule has 0 spiro atoms. The lowest BCUT2D eigenvalue weighted by Crippen LogP contribution is -2.46. The zero-order valence-corrected chi connectivity index (χ0v) is 20.0. The van der Waals surface area contributed by atoms with Gasteiger partial charge in [-0.05, 0) is 50.4 Å². The molecule has 2 unspecified atom stereocenters. The van der Waals surface area contributed by atoms with Gasteiger partial charge in [0.05, 0.1) is 23.7 Å². The van der Waals surface area contributed by atoms with E-state index in [4.69, 9.17) is 4.74 Å². The number of ether oxygens (including phenoxy) is 1. The smallest absolute Gasteiger partial charge is 0.253 e. The molecule has 0 saturated carbocycles. The van der Waals surface area contributed by atoms with Gasteiger partial charge < -0.3 is 15.0 Å². The number of morpholine rings is 1. The number of piperidine rings is 1. The monoisotopic (exact) mass is 452 g/mol. The summed E-state index contributed by atoms with van der Waals surface area (Å²) in [4.78, 5) is 17.8. The number of sulfonamides is 1. The second-order valence-electron chi connectivity index (χ2n) is 8.87. The summed E-state index contributed by atoms with van der Waals surface area (Å²) in [5.74, 6) is 0.432. The van der Waals surface area contributed by atoms with Crippen LogP contribution in [0, 0.1) is 5.92 Å². The number of benzene rings is 1. The van der Waals surface area contributed by atoms with E-state index >= 15 is 0 Å². The van der Waals surface area contributed by atoms with Crippen molar-refractivity contribution in [1.29, 1.82) is 0 Å². The number of carbonyl (C=O) groups excluding carboxylic acids is 1. The van der Waals surface area contributed by atoms with Gasteiger partial charge in [0.1, 0.15) is 0 Å². The lowest BCUT2D eigenvalue weighted by atomic mass is 9.99. The largest absolute Gasteiger partial charge is 0.378 e. The van der Waals surface area contributed by atoms with Crippen LogP contribution in [0.25, 0.3) is 0 Å². The molecule has 1 N–H and O–H groups in total. The Balaban J connectivity index is 1.81. The molecule has 1 aromatic carbocycles. The van der Waals surface area contributed by atoms with Crippen LogP contribution in [0.5, 0.6) is 0 Å². The van der Waals surface area contributed by atoms with Crippen molar-refractivity contribution in [3.63, 3.8) is 0 Å². The van der Waals surface area contributed by atoms with Crippen molar-refractivity contribution in [2.45, 2.75) is 37.6 Å². The lowest BCUT2D eigenvalue weighted by molar-refractivity contribution is 0.0916. The van der Waals surface area contributed by atoms with Gasteiger partial charge in [-0.25, -0.2) is 12.7 Å². The summed E-state index contributed by atoms with van der Waals surface area (Å²) < 4.78 is 31.9. The molecule has 3 rings (SSSR count). The maximum Gasteiger partial charge on any atom is 0.253 e. The highest BCUT2D eigenvalue weighted by molar-refractivity contribution is 7.89. The number of nitrogens with zero attached hydrogens (tertiary/aromatic N) is 3. The van der Waals surface area contributed by atoms with Gasteiger partial charge in [-0.3, -0.25) is 9.69 Å². The third-order valence-electron chi connectivity index (χ3n) is 6.21. The predicted molar refractivity (Wildman–Crippen MR) is 122 cm³/mol. The third kappa shape index (κ3) is 5.77. The molecule has 1 amide bonds. The Morgan fingerprint density at radius 3 is 2.61 bits per heavy atom. The highest BCUT2D eigenvalue weighted by atomic mass is 32.2. The quantitative estimate of drug-likeness (QED) is 0.677. The Morgan fingerprint density at radius 2 is 1.97 bits per heavy atom. The molecule has 2 aliphatic heterocycles. The summed E-state index contributed by atoms with van der Waals surface area (Å²) in [5, 5.41) is 3.05. The second kappa shape index (κ2) is 10.3. The average molecular weight is 453 g/mol. The van der Waals surface area contributed by atoms with Gasteiger partial charge in [-0.15, -0.1) is 0 Å². The van der Waals surface area contributed by atoms with Crippen LogP contribution in [0.3, 0.4) is 0 Å². The van der Waals surface area contributed by atoms with Crippen molar-refractivity contribution in [3.05, 3.63) is 23.8 Å². The molecule has 2 fully saturated rings. The van der Waals surface area contributed by atoms with Gasteiger partial charge in [0.25, 0.3) is 5.91 Å². The van der Waals surface area contributed by atoms with Gasteiger partial charge in [0.2, 0.25) is 10.0 Å². The summed E-state index contributed by atoms with van der Waals surface area (Å²) in [6.07, 6.45) is 2.44. The molecule has 2 aliphatic rings. The van der Waals surface area contributed by atoms with Gasteiger partial charge in [0, 0.05) is 52.0 Å². The molecule has 0 bridgehead atoms. The molecule has 2 heterocycles. The average Bonchev–Trinajstić information content (AvgIpc) is 2.77. The highest BCUT2D eigenvalue weighted by Crippen LogP contribution is 2.26. The number of hydrogen-bond acceptors (Lipinski definition) is 6. The normalized spacial score (nSPS) is 21.8. The van der Waals surface area contributed by atoms with E-state index in [1.807, 2.05) is 0 Å². The topological polar surface area (TPSA) is 82.2 Å². The van der Waals surface area contributed by atoms with Crippen molar-refractivity contribution in [2.75, 3.05) is 64.9 Å². The zero-order valence-electron chi connectivity index (χ0n) is 19.1. The molecule has 8 nitrogen and oxygen atoms in total. The van der Waals surface area contributed by atoms with E-state index < -0.39 is 10.0 Å². The molecular weight excluding hydrogens is 416 g/mol. The van der Waals surface area contributed by atoms with Crippen LogP contribution in [0.2, 0.25) is 0 Å². The maximum absolute atomic E-state index is 13.2. The Hall–Kier alpha value is -1.68. The molecular formula is C22H36N4O4S. The van der Waals surface area contributed by atoms with Crippen molar-refractivity contribution < 1.29 is 17.9 Å². The number of hydrogen-bond donors (Lipinski definition) is 1. The first-order valence-electron chi connectivity index (χ1n) is 11.1. The summed E-state index contributed by atoms with van der Waals surface area (Å²) in [5.41, 5.74) is 1.14. The molecule has 0 radical (unpaired) electrons. The fourth-order valence-electron chi connectivity index (χ4n) is 4.24. The first-order valence-corrected chi connectivity index (χ1v) is 12.6. The number of amides is 1. The van der Waals surface area contributed by atoms with Crippen molar-refractivity contribution in [2.24, 2.45) is 5.92 Å². The summed E-state index contributed by atoms with van der Waals surface area (Å²) in [7, 11) is -0.648. The molecule has 9 heteroatoms. The summed E-state index contributed by atoms with van der Waals surface area (Å²) >= 11 is 0. The maximum atomic E-state index is 13.2. The lowest BCUT2D eigenvalue weighted by Gasteiger charge is -2.35. The van der Waals surface area contributed by atoms with Crippen LogP contribution in [-0.2, 0) is 14.8 Å². The first kappa shape index (κ1) is 24.0. The van der Waals surface area contributed by atoms with Crippen LogP contribution in [0.15, 0.2) is 23.1 Å². The van der Waals surface area contributed by atoms with E-state index in [1.54, 1.807) is 12.1 Å². The van der Waals surface area contributed by atoms with E-state index in [1.165, 1.54) is 33.0 Å². The third-order valence-corrected chi connectivity index (χ3v) is 8.02. The molecule has 2 atom stereocenters. The molecule has 0 aromatic heterocycles. The fourth-order valence-corrected chi connectivity index (χ4v) is 5.17. The van der Waals surface area contributed by atoms with Crippen molar-refractivity contribution in [1.82, 2.24) is 14.5 Å². The van der Waals surface area contributed by atoms with Crippen LogP contribution < -0.4 is 10.2 Å². The molecule has 174 valence electrons. The fraction of sp³-hybridized carbons (Fsp3) is 0.682. The van der Waals surface area contributed by atoms with Crippen LogP contribution >= 0.6 is 0 Å². The first-order chi connectivity index (χ1) is 14.7. The molecule has 0 aliphatic carbocycles. The van der Waals surface area contributed by atoms with Crippen molar-refractivity contribution >= 4 is 21.6 Å². The summed E-state index contributed by atoms with van der Waals surface area (Å²) in [6, 6.07) is 5.05. The van der Waals surface area contributed by atoms with E-state index in [9.17, 15) is 13.2 Å². The van der Waals surface area contributed by atoms with E-state index in [0.29, 0.717) is 44.3 Å². The number of rotatable bonds is 7. The van der Waals surface area contributed by atoms with E-state index in [0.717, 1.165) is 23.1 Å². The van der Waals surface area contributed by atoms with E-state index in [-0.39, 0.29) is 16.8 Å². The number of nitrogens with one attached hydrogen (secondary N) is 1. The molecule has 1 aromatic rings. The summed E-state index contributed by atoms with van der Waals surface area (Å²) in [6.45, 7) is 9.54. The SMILES string of the molecule is CC1CCCN(C(C)CNC(=O)c2cc(S(=O)(=O)N(C)C)ccc2N2CCOCC2)C1. The number of carbonyl (C=O) groups is 1. The predicted octanol–water partition coefficient (Wildman–Crippen LogP) is 1.62. The van der Waals surface area contributed by atoms with Crippen molar-refractivity contribution in [3.8, 4) is 0 Å². The highest BCUT2D eigenvalue weighted by Gasteiger charge is 2.25.